The van der Waals surface area contributed by atoms with Crippen LogP contribution in [0.4, 0.5) is 4.79 Å². The molecule has 0 saturated carbocycles. The molecule has 0 bridgehead atoms. The number of nitrogens with zero attached hydrogens (tertiary/aromatic N) is 2. The molecule has 2 amide bonds. The molecule has 1 fully saturated rings. The Morgan fingerprint density at radius 3 is 2.95 bits per heavy atom. The van der Waals surface area contributed by atoms with Crippen LogP contribution in [0.1, 0.15) is 5.82 Å². The van der Waals surface area contributed by atoms with E-state index in [1.165, 1.54) is 0 Å². The Morgan fingerprint density at radius 2 is 2.26 bits per heavy atom. The molecule has 1 aliphatic heterocycles. The number of carbonyl (C=O) groups is 1. The van der Waals surface area contributed by atoms with Gasteiger partial charge in [-0.1, -0.05) is 0 Å². The highest BCUT2D eigenvalue weighted by Gasteiger charge is 2.29. The molecular formula is C11H15BrN4O3. The van der Waals surface area contributed by atoms with Crippen LogP contribution in [0, 0.1) is 0 Å². The first-order valence-electron chi connectivity index (χ1n) is 5.80. The van der Waals surface area contributed by atoms with Gasteiger partial charge in [0.1, 0.15) is 11.9 Å². The summed E-state index contributed by atoms with van der Waals surface area (Å²) in [6.07, 6.45) is 3.16. The molecule has 8 heteroatoms. The van der Waals surface area contributed by atoms with E-state index in [1.807, 2.05) is 0 Å². The second kappa shape index (κ2) is 6.78. The molecule has 1 aromatic heterocycles. The predicted octanol–water partition coefficient (Wildman–Crippen LogP) is 0.452. The van der Waals surface area contributed by atoms with Crippen molar-refractivity contribution < 1.29 is 14.3 Å². The third-order valence-corrected chi connectivity index (χ3v) is 3.14. The third-order valence-electron chi connectivity index (χ3n) is 2.73. The zero-order valence-electron chi connectivity index (χ0n) is 10.4. The van der Waals surface area contributed by atoms with Crippen LogP contribution in [0.25, 0.3) is 0 Å². The van der Waals surface area contributed by atoms with Gasteiger partial charge in [-0.2, -0.15) is 0 Å². The molecule has 1 saturated heterocycles. The monoisotopic (exact) mass is 330 g/mol. The zero-order chi connectivity index (χ0) is 13.7. The normalized spacial score (nSPS) is 22.2. The number of amides is 2. The molecule has 0 radical (unpaired) electrons. The van der Waals surface area contributed by atoms with E-state index in [0.717, 1.165) is 4.47 Å². The summed E-state index contributed by atoms with van der Waals surface area (Å²) in [5, 5.41) is 5.49. The largest absolute Gasteiger partial charge is 0.377 e. The highest BCUT2D eigenvalue weighted by Crippen LogP contribution is 2.08. The fraction of sp³-hybridized carbons (Fsp3) is 0.545. The molecule has 0 spiro atoms. The highest BCUT2D eigenvalue weighted by atomic mass is 79.9. The van der Waals surface area contributed by atoms with Gasteiger partial charge in [-0.3, -0.25) is 0 Å². The van der Waals surface area contributed by atoms with E-state index in [9.17, 15) is 4.79 Å². The summed E-state index contributed by atoms with van der Waals surface area (Å²) in [4.78, 5) is 19.8. The van der Waals surface area contributed by atoms with Crippen molar-refractivity contribution in [2.45, 2.75) is 18.7 Å². The lowest BCUT2D eigenvalue weighted by molar-refractivity contribution is 0.0745. The Balaban J connectivity index is 1.77. The van der Waals surface area contributed by atoms with Crippen LogP contribution < -0.4 is 10.6 Å². The number of ether oxygens (including phenoxy) is 2. The molecule has 2 heterocycles. The van der Waals surface area contributed by atoms with Crippen LogP contribution in [0.15, 0.2) is 16.9 Å². The van der Waals surface area contributed by atoms with Gasteiger partial charge in [0.15, 0.2) is 0 Å². The first-order valence-corrected chi connectivity index (χ1v) is 6.59. The minimum atomic E-state index is -0.288. The quantitative estimate of drug-likeness (QED) is 0.837. The van der Waals surface area contributed by atoms with Crippen molar-refractivity contribution in [1.29, 1.82) is 0 Å². The molecule has 2 N–H and O–H groups in total. The molecule has 0 aliphatic carbocycles. The Morgan fingerprint density at radius 1 is 1.53 bits per heavy atom. The van der Waals surface area contributed by atoms with Crippen LogP contribution in [0.2, 0.25) is 0 Å². The van der Waals surface area contributed by atoms with Gasteiger partial charge in [0.25, 0.3) is 0 Å². The highest BCUT2D eigenvalue weighted by molar-refractivity contribution is 9.10. The average molecular weight is 331 g/mol. The lowest BCUT2D eigenvalue weighted by atomic mass is 10.2. The number of aromatic nitrogens is 2. The number of hydrogen-bond acceptors (Lipinski definition) is 5. The van der Waals surface area contributed by atoms with E-state index in [2.05, 4.69) is 36.5 Å². The van der Waals surface area contributed by atoms with Gasteiger partial charge in [-0.05, 0) is 15.9 Å². The molecular weight excluding hydrogens is 316 g/mol. The Bertz CT molecular complexity index is 428. The summed E-state index contributed by atoms with van der Waals surface area (Å²) < 4.78 is 11.2. The second-order valence-corrected chi connectivity index (χ2v) is 4.98. The van der Waals surface area contributed by atoms with Crippen molar-refractivity contribution >= 4 is 22.0 Å². The van der Waals surface area contributed by atoms with Crippen molar-refractivity contribution in [2.75, 3.05) is 20.3 Å². The van der Waals surface area contributed by atoms with Gasteiger partial charge in [0.2, 0.25) is 0 Å². The summed E-state index contributed by atoms with van der Waals surface area (Å²) in [6.45, 7) is 1.22. The minimum Gasteiger partial charge on any atom is -0.377 e. The molecule has 104 valence electrons. The number of halogens is 1. The summed E-state index contributed by atoms with van der Waals surface area (Å²) in [6, 6.07) is -0.417. The molecule has 0 unspecified atom stereocenters. The van der Waals surface area contributed by atoms with Gasteiger partial charge in [0, 0.05) is 19.5 Å². The topological polar surface area (TPSA) is 85.4 Å². The summed E-state index contributed by atoms with van der Waals surface area (Å²) in [5.41, 5.74) is 0. The number of carbonyl (C=O) groups excluding carboxylic acids is 1. The maximum absolute atomic E-state index is 11.7. The fourth-order valence-electron chi connectivity index (χ4n) is 1.71. The standard InChI is InChI=1S/C11H15BrN4O3/c1-18-9-6-19-5-8(9)16-11(17)15-4-10-13-2-7(12)3-14-10/h2-3,8-9H,4-6H2,1H3,(H2,15,16,17)/t8-,9+/m0/s1. The molecule has 2 atom stereocenters. The van der Waals surface area contributed by atoms with Gasteiger partial charge < -0.3 is 20.1 Å². The van der Waals surface area contributed by atoms with Crippen LogP contribution >= 0.6 is 15.9 Å². The lowest BCUT2D eigenvalue weighted by Crippen LogP contribution is -2.47. The van der Waals surface area contributed by atoms with Crippen LogP contribution in [0.5, 0.6) is 0 Å². The van der Waals surface area contributed by atoms with E-state index < -0.39 is 0 Å². The smallest absolute Gasteiger partial charge is 0.315 e. The van der Waals surface area contributed by atoms with E-state index in [4.69, 9.17) is 9.47 Å². The molecule has 7 nitrogen and oxygen atoms in total. The number of urea groups is 1. The van der Waals surface area contributed by atoms with Gasteiger partial charge in [-0.25, -0.2) is 14.8 Å². The van der Waals surface area contributed by atoms with E-state index >= 15 is 0 Å². The maximum Gasteiger partial charge on any atom is 0.315 e. The third kappa shape index (κ3) is 4.12. The predicted molar refractivity (Wildman–Crippen MR) is 70.5 cm³/mol. The number of nitrogens with one attached hydrogen (secondary N) is 2. The molecule has 19 heavy (non-hydrogen) atoms. The molecule has 1 aromatic rings. The van der Waals surface area contributed by atoms with Crippen LogP contribution in [0.3, 0.4) is 0 Å². The van der Waals surface area contributed by atoms with E-state index in [1.54, 1.807) is 19.5 Å². The first kappa shape index (κ1) is 14.2. The number of hydrogen-bond donors (Lipinski definition) is 2. The average Bonchev–Trinajstić information content (AvgIpc) is 2.85. The second-order valence-electron chi connectivity index (χ2n) is 4.06. The van der Waals surface area contributed by atoms with Crippen molar-refractivity contribution in [2.24, 2.45) is 0 Å². The first-order chi connectivity index (χ1) is 9.19. The van der Waals surface area contributed by atoms with Crippen molar-refractivity contribution in [3.63, 3.8) is 0 Å². The molecule has 2 rings (SSSR count). The van der Waals surface area contributed by atoms with Crippen LogP contribution in [-0.2, 0) is 16.0 Å². The van der Waals surface area contributed by atoms with Crippen LogP contribution in [-0.4, -0.2) is 48.5 Å². The Hall–Kier alpha value is -1.25. The molecule has 1 aliphatic rings. The van der Waals surface area contributed by atoms with E-state index in [0.29, 0.717) is 19.0 Å². The fourth-order valence-corrected chi connectivity index (χ4v) is 1.92. The number of rotatable bonds is 4. The zero-order valence-corrected chi connectivity index (χ0v) is 12.0. The van der Waals surface area contributed by atoms with Crippen molar-refractivity contribution in [1.82, 2.24) is 20.6 Å². The maximum atomic E-state index is 11.7. The van der Waals surface area contributed by atoms with Crippen molar-refractivity contribution in [3.8, 4) is 0 Å². The minimum absolute atomic E-state index is 0.102. The Kier molecular flexibility index (Phi) is 5.06. The Labute approximate surface area is 119 Å². The molecule has 0 aromatic carbocycles. The number of methoxy groups -OCH3 is 1. The van der Waals surface area contributed by atoms with Gasteiger partial charge in [0.05, 0.1) is 30.3 Å². The van der Waals surface area contributed by atoms with E-state index in [-0.39, 0.29) is 24.7 Å². The van der Waals surface area contributed by atoms with Gasteiger partial charge >= 0.3 is 6.03 Å². The van der Waals surface area contributed by atoms with Gasteiger partial charge in [-0.15, -0.1) is 0 Å². The van der Waals surface area contributed by atoms with Crippen molar-refractivity contribution in [3.05, 3.63) is 22.7 Å². The summed E-state index contributed by atoms with van der Waals surface area (Å²) in [5.74, 6) is 0.546. The lowest BCUT2D eigenvalue weighted by Gasteiger charge is -2.17. The summed E-state index contributed by atoms with van der Waals surface area (Å²) in [7, 11) is 1.60. The summed E-state index contributed by atoms with van der Waals surface area (Å²) >= 11 is 3.25. The SMILES string of the molecule is CO[C@@H]1COC[C@@H]1NC(=O)NCc1ncc(Br)cn1.